The predicted molar refractivity (Wildman–Crippen MR) is 91.6 cm³/mol. The summed E-state index contributed by atoms with van der Waals surface area (Å²) < 4.78 is 0. The fourth-order valence-electron chi connectivity index (χ4n) is 2.73. The molecule has 1 aromatic heterocycles. The molecule has 7 heteroatoms. The van der Waals surface area contributed by atoms with Crippen LogP contribution in [0.5, 0.6) is 0 Å². The zero-order chi connectivity index (χ0) is 16.8. The van der Waals surface area contributed by atoms with Crippen LogP contribution in [0.3, 0.4) is 0 Å². The highest BCUT2D eigenvalue weighted by molar-refractivity contribution is 7.11. The molecule has 0 unspecified atom stereocenters. The maximum absolute atomic E-state index is 12.2. The first kappa shape index (κ1) is 17.7. The summed E-state index contributed by atoms with van der Waals surface area (Å²) in [6, 6.07) is 0.237. The molecule has 3 amide bonds. The van der Waals surface area contributed by atoms with Gasteiger partial charge in [-0.2, -0.15) is 0 Å². The lowest BCUT2D eigenvalue weighted by Crippen LogP contribution is -2.49. The van der Waals surface area contributed by atoms with Gasteiger partial charge in [-0.05, 0) is 19.3 Å². The van der Waals surface area contributed by atoms with E-state index < -0.39 is 0 Å². The molecule has 1 aliphatic heterocycles. The summed E-state index contributed by atoms with van der Waals surface area (Å²) in [6.07, 6.45) is 5.39. The van der Waals surface area contributed by atoms with Gasteiger partial charge in [0.25, 0.3) is 0 Å². The Hall–Kier alpha value is -1.63. The normalized spacial score (nSPS) is 15.5. The van der Waals surface area contributed by atoms with Gasteiger partial charge in [0.05, 0.1) is 5.01 Å². The Morgan fingerprint density at radius 1 is 1.43 bits per heavy atom. The highest BCUT2D eigenvalue weighted by Crippen LogP contribution is 2.16. The molecule has 1 aliphatic rings. The molecule has 1 saturated heterocycles. The first-order chi connectivity index (χ1) is 11.0. The smallest absolute Gasteiger partial charge is 0.317 e. The van der Waals surface area contributed by atoms with Gasteiger partial charge in [-0.3, -0.25) is 4.79 Å². The highest BCUT2D eigenvalue weighted by Gasteiger charge is 2.26. The maximum atomic E-state index is 12.2. The largest absolute Gasteiger partial charge is 0.343 e. The molecular formula is C16H26N4O2S. The molecule has 0 bridgehead atoms. The number of aryl methyl sites for hydroxylation is 1. The molecule has 2 heterocycles. The minimum absolute atomic E-state index is 0.0128. The monoisotopic (exact) mass is 338 g/mol. The number of piperidine rings is 1. The van der Waals surface area contributed by atoms with Crippen molar-refractivity contribution in [3.63, 3.8) is 0 Å². The lowest BCUT2D eigenvalue weighted by molar-refractivity contribution is -0.130. The molecule has 1 fully saturated rings. The number of thiazole rings is 1. The fourth-order valence-corrected chi connectivity index (χ4v) is 3.59. The van der Waals surface area contributed by atoms with Crippen LogP contribution >= 0.6 is 11.3 Å². The van der Waals surface area contributed by atoms with Crippen LogP contribution in [0, 0.1) is 0 Å². The van der Waals surface area contributed by atoms with Crippen LogP contribution in [-0.2, 0) is 17.6 Å². The number of hydrogen-bond donors (Lipinski definition) is 1. The third-order valence-electron chi connectivity index (χ3n) is 4.36. The molecule has 128 valence electrons. The fraction of sp³-hybridized carbons (Fsp3) is 0.688. The molecule has 23 heavy (non-hydrogen) atoms. The summed E-state index contributed by atoms with van der Waals surface area (Å²) >= 11 is 1.71. The summed E-state index contributed by atoms with van der Waals surface area (Å²) in [5, 5.41) is 4.04. The standard InChI is InChI=1S/C16H26N4O2S/c1-4-14-11-18-15(23-14)5-8-17-16(22)20-9-6-13(7-10-20)19(3)12(2)21/h11,13H,4-10H2,1-3H3,(H,17,22). The van der Waals surface area contributed by atoms with Gasteiger partial charge in [0.1, 0.15) is 0 Å². The van der Waals surface area contributed by atoms with E-state index in [1.165, 1.54) is 4.88 Å². The summed E-state index contributed by atoms with van der Waals surface area (Å²) in [4.78, 5) is 32.8. The Kier molecular flexibility index (Phi) is 6.38. The van der Waals surface area contributed by atoms with Gasteiger partial charge < -0.3 is 15.1 Å². The molecule has 0 spiro atoms. The van der Waals surface area contributed by atoms with Crippen molar-refractivity contribution in [3.05, 3.63) is 16.1 Å². The van der Waals surface area contributed by atoms with Gasteiger partial charge in [0, 0.05) is 57.1 Å². The highest BCUT2D eigenvalue weighted by atomic mass is 32.1. The van der Waals surface area contributed by atoms with Crippen LogP contribution in [0.15, 0.2) is 6.20 Å². The minimum atomic E-state index is -0.0128. The first-order valence-corrected chi connectivity index (χ1v) is 9.02. The number of carbonyl (C=O) groups excluding carboxylic acids is 2. The zero-order valence-electron chi connectivity index (χ0n) is 14.2. The van der Waals surface area contributed by atoms with Crippen LogP contribution in [0.25, 0.3) is 0 Å². The molecule has 1 N–H and O–H groups in total. The van der Waals surface area contributed by atoms with E-state index in [4.69, 9.17) is 0 Å². The van der Waals surface area contributed by atoms with Crippen LogP contribution in [0.2, 0.25) is 0 Å². The number of hydrogen-bond acceptors (Lipinski definition) is 4. The molecule has 0 aliphatic carbocycles. The van der Waals surface area contributed by atoms with Gasteiger partial charge in [-0.15, -0.1) is 11.3 Å². The number of urea groups is 1. The van der Waals surface area contributed by atoms with Gasteiger partial charge in [-0.25, -0.2) is 9.78 Å². The predicted octanol–water partition coefficient (Wildman–Crippen LogP) is 1.90. The quantitative estimate of drug-likeness (QED) is 0.892. The van der Waals surface area contributed by atoms with Crippen molar-refractivity contribution in [2.45, 2.75) is 45.6 Å². The van der Waals surface area contributed by atoms with Gasteiger partial charge in [-0.1, -0.05) is 6.92 Å². The Balaban J connectivity index is 1.69. The first-order valence-electron chi connectivity index (χ1n) is 8.21. The van der Waals surface area contributed by atoms with E-state index in [-0.39, 0.29) is 18.0 Å². The topological polar surface area (TPSA) is 65.5 Å². The van der Waals surface area contributed by atoms with Crippen molar-refractivity contribution in [2.75, 3.05) is 26.7 Å². The van der Waals surface area contributed by atoms with Crippen molar-refractivity contribution in [1.82, 2.24) is 20.1 Å². The number of aromatic nitrogens is 1. The summed E-state index contributed by atoms with van der Waals surface area (Å²) in [5.41, 5.74) is 0. The van der Waals surface area contributed by atoms with Crippen LogP contribution in [-0.4, -0.2) is 59.4 Å². The van der Waals surface area contributed by atoms with Crippen molar-refractivity contribution >= 4 is 23.3 Å². The summed E-state index contributed by atoms with van der Waals surface area (Å²) in [6.45, 7) is 5.72. The average molecular weight is 338 g/mol. The number of amides is 3. The second kappa shape index (κ2) is 8.29. The second-order valence-corrected chi connectivity index (χ2v) is 7.10. The van der Waals surface area contributed by atoms with Crippen molar-refractivity contribution in [3.8, 4) is 0 Å². The van der Waals surface area contributed by atoms with Gasteiger partial charge in [0.15, 0.2) is 0 Å². The van der Waals surface area contributed by atoms with Crippen LogP contribution in [0.4, 0.5) is 4.79 Å². The van der Waals surface area contributed by atoms with E-state index in [9.17, 15) is 9.59 Å². The minimum Gasteiger partial charge on any atom is -0.343 e. The van der Waals surface area contributed by atoms with Gasteiger partial charge in [0.2, 0.25) is 5.91 Å². The van der Waals surface area contributed by atoms with E-state index in [2.05, 4.69) is 17.2 Å². The molecule has 0 radical (unpaired) electrons. The van der Waals surface area contributed by atoms with Crippen LogP contribution in [0.1, 0.15) is 36.6 Å². The third kappa shape index (κ3) is 4.92. The maximum Gasteiger partial charge on any atom is 0.317 e. The van der Waals surface area contributed by atoms with Gasteiger partial charge >= 0.3 is 6.03 Å². The SMILES string of the molecule is CCc1cnc(CCNC(=O)N2CCC(N(C)C(C)=O)CC2)s1. The number of carbonyl (C=O) groups is 2. The lowest BCUT2D eigenvalue weighted by atomic mass is 10.0. The van der Waals surface area contributed by atoms with Crippen molar-refractivity contribution < 1.29 is 9.59 Å². The molecule has 6 nitrogen and oxygen atoms in total. The Morgan fingerprint density at radius 2 is 2.13 bits per heavy atom. The molecule has 1 aromatic rings. The summed E-state index contributed by atoms with van der Waals surface area (Å²) in [5.74, 6) is 0.0859. The summed E-state index contributed by atoms with van der Waals surface area (Å²) in [7, 11) is 1.83. The van der Waals surface area contributed by atoms with E-state index in [0.717, 1.165) is 30.7 Å². The Bertz CT molecular complexity index is 538. The average Bonchev–Trinajstić information content (AvgIpc) is 3.02. The number of rotatable bonds is 5. The van der Waals surface area contributed by atoms with Crippen molar-refractivity contribution in [1.29, 1.82) is 0 Å². The molecular weight excluding hydrogens is 312 g/mol. The van der Waals surface area contributed by atoms with Crippen LogP contribution < -0.4 is 5.32 Å². The molecule has 0 atom stereocenters. The number of likely N-dealkylation sites (tertiary alicyclic amines) is 1. The lowest BCUT2D eigenvalue weighted by Gasteiger charge is -2.36. The van der Waals surface area contributed by atoms with E-state index in [1.807, 2.05) is 18.1 Å². The Labute approximate surface area is 141 Å². The molecule has 0 aromatic carbocycles. The van der Waals surface area contributed by atoms with E-state index in [1.54, 1.807) is 23.2 Å². The van der Waals surface area contributed by atoms with E-state index in [0.29, 0.717) is 19.6 Å². The number of nitrogens with one attached hydrogen (secondary N) is 1. The molecule has 2 rings (SSSR count). The number of nitrogens with zero attached hydrogens (tertiary/aromatic N) is 3. The zero-order valence-corrected chi connectivity index (χ0v) is 15.0. The molecule has 0 saturated carbocycles. The second-order valence-electron chi connectivity index (χ2n) is 5.90. The third-order valence-corrected chi connectivity index (χ3v) is 5.56. The van der Waals surface area contributed by atoms with E-state index >= 15 is 0 Å². The Morgan fingerprint density at radius 3 is 2.70 bits per heavy atom. The van der Waals surface area contributed by atoms with Crippen molar-refractivity contribution in [2.24, 2.45) is 0 Å².